The Hall–Kier alpha value is -4.23. The lowest BCUT2D eigenvalue weighted by molar-refractivity contribution is -0.137. The summed E-state index contributed by atoms with van der Waals surface area (Å²) in [5, 5.41) is 5.49. The van der Waals surface area contributed by atoms with Gasteiger partial charge in [-0.25, -0.2) is 15.0 Å². The Bertz CT molecular complexity index is 1640. The first kappa shape index (κ1) is 30.2. The summed E-state index contributed by atoms with van der Waals surface area (Å²) in [6, 6.07) is 13.8. The van der Waals surface area contributed by atoms with Crippen LogP contribution in [0.2, 0.25) is 0 Å². The van der Waals surface area contributed by atoms with Gasteiger partial charge in [0, 0.05) is 54.9 Å². The number of hydrogen-bond acceptors (Lipinski definition) is 8. The molecule has 0 bridgehead atoms. The number of nitrogens with one attached hydrogen (secondary N) is 2. The number of aromatic nitrogens is 3. The molecule has 0 aliphatic carbocycles. The van der Waals surface area contributed by atoms with Crippen LogP contribution in [0.5, 0.6) is 11.6 Å². The number of carbonyl (C=O) groups is 1. The van der Waals surface area contributed by atoms with Crippen molar-refractivity contribution >= 4 is 39.2 Å². The van der Waals surface area contributed by atoms with Gasteiger partial charge < -0.3 is 25.2 Å². The summed E-state index contributed by atoms with van der Waals surface area (Å²) >= 11 is 3.40. The molecule has 1 fully saturated rings. The number of ether oxygens (including phenoxy) is 1. The quantitative estimate of drug-likeness (QED) is 0.221. The molecule has 13 heteroatoms. The number of likely N-dealkylation sites (N-methyl/N-ethyl adjacent to an activating group) is 2. The van der Waals surface area contributed by atoms with Gasteiger partial charge in [0.15, 0.2) is 0 Å². The first-order chi connectivity index (χ1) is 20.5. The highest BCUT2D eigenvalue weighted by molar-refractivity contribution is 9.10. The molecule has 5 rings (SSSR count). The van der Waals surface area contributed by atoms with Gasteiger partial charge in [-0.05, 0) is 90.5 Å². The summed E-state index contributed by atoms with van der Waals surface area (Å²) in [4.78, 5) is 29.8. The second kappa shape index (κ2) is 12.6. The number of halogens is 4. The van der Waals surface area contributed by atoms with Crippen LogP contribution in [-0.4, -0.2) is 66.0 Å². The zero-order valence-electron chi connectivity index (χ0n) is 23.6. The molecule has 224 valence electrons. The van der Waals surface area contributed by atoms with E-state index in [4.69, 9.17) is 4.74 Å². The predicted molar refractivity (Wildman–Crippen MR) is 163 cm³/mol. The number of hydrogen-bond donors (Lipinski definition) is 2. The Morgan fingerprint density at radius 2 is 1.93 bits per heavy atom. The molecule has 1 atom stereocenters. The monoisotopic (exact) mass is 655 g/mol. The molecule has 43 heavy (non-hydrogen) atoms. The van der Waals surface area contributed by atoms with Crippen molar-refractivity contribution in [3.8, 4) is 22.9 Å². The predicted octanol–water partition coefficient (Wildman–Crippen LogP) is 6.55. The minimum Gasteiger partial charge on any atom is -0.438 e. The molecule has 1 unspecified atom stereocenters. The van der Waals surface area contributed by atoms with Gasteiger partial charge >= 0.3 is 6.18 Å². The van der Waals surface area contributed by atoms with Gasteiger partial charge in [0.05, 0.1) is 22.4 Å². The zero-order chi connectivity index (χ0) is 30.7. The molecule has 0 saturated carbocycles. The van der Waals surface area contributed by atoms with Crippen molar-refractivity contribution in [1.82, 2.24) is 19.9 Å². The largest absolute Gasteiger partial charge is 0.438 e. The number of amides is 1. The molecule has 9 nitrogen and oxygen atoms in total. The fraction of sp³-hybridized carbons (Fsp3) is 0.267. The number of carbonyl (C=O) groups excluding carboxylic acids is 1. The van der Waals surface area contributed by atoms with Crippen LogP contribution in [-0.2, 0) is 6.18 Å². The smallest absolute Gasteiger partial charge is 0.418 e. The van der Waals surface area contributed by atoms with E-state index in [9.17, 15) is 18.0 Å². The molecule has 3 heterocycles. The number of likely N-dealkylation sites (tertiary alicyclic amines) is 1. The van der Waals surface area contributed by atoms with Crippen molar-refractivity contribution in [2.45, 2.75) is 18.6 Å². The van der Waals surface area contributed by atoms with Gasteiger partial charge in [0.2, 0.25) is 11.8 Å². The number of alkyl halides is 3. The summed E-state index contributed by atoms with van der Waals surface area (Å²) in [5.74, 6) is 0.539. The summed E-state index contributed by atoms with van der Waals surface area (Å²) in [6.07, 6.45) is -0.623. The highest BCUT2D eigenvalue weighted by Crippen LogP contribution is 2.39. The summed E-state index contributed by atoms with van der Waals surface area (Å²) in [7, 11) is 5.34. The van der Waals surface area contributed by atoms with Crippen LogP contribution in [0, 0.1) is 0 Å². The van der Waals surface area contributed by atoms with Gasteiger partial charge in [-0.1, -0.05) is 0 Å². The highest BCUT2D eigenvalue weighted by Gasteiger charge is 2.36. The number of anilines is 3. The van der Waals surface area contributed by atoms with E-state index in [1.165, 1.54) is 18.2 Å². The second-order valence-electron chi connectivity index (χ2n) is 10.1. The molecule has 1 amide bonds. The lowest BCUT2D eigenvalue weighted by atomic mass is 10.1. The molecule has 0 radical (unpaired) electrons. The maximum Gasteiger partial charge on any atom is 0.418 e. The van der Waals surface area contributed by atoms with E-state index < -0.39 is 17.6 Å². The van der Waals surface area contributed by atoms with Crippen LogP contribution in [0.25, 0.3) is 11.3 Å². The molecule has 2 aromatic heterocycles. The average molecular weight is 657 g/mol. The number of pyridine rings is 1. The fourth-order valence-electron chi connectivity index (χ4n) is 4.92. The van der Waals surface area contributed by atoms with Crippen molar-refractivity contribution in [3.05, 3.63) is 82.6 Å². The third kappa shape index (κ3) is 6.89. The molecule has 1 aliphatic heterocycles. The molecule has 2 N–H and O–H groups in total. The van der Waals surface area contributed by atoms with Crippen molar-refractivity contribution in [3.63, 3.8) is 0 Å². The Labute approximate surface area is 255 Å². The van der Waals surface area contributed by atoms with E-state index in [2.05, 4.69) is 46.4 Å². The fourth-order valence-corrected chi connectivity index (χ4v) is 5.46. The van der Waals surface area contributed by atoms with E-state index >= 15 is 0 Å². The van der Waals surface area contributed by atoms with Crippen LogP contribution in [0.4, 0.5) is 30.5 Å². The van der Waals surface area contributed by atoms with E-state index in [1.807, 2.05) is 13.1 Å². The van der Waals surface area contributed by atoms with E-state index in [0.29, 0.717) is 39.9 Å². The topological polar surface area (TPSA) is 95.5 Å². The van der Waals surface area contributed by atoms with Crippen LogP contribution in [0.1, 0.15) is 22.3 Å². The summed E-state index contributed by atoms with van der Waals surface area (Å²) < 4.78 is 48.7. The summed E-state index contributed by atoms with van der Waals surface area (Å²) in [5.41, 5.74) is 0.756. The second-order valence-corrected chi connectivity index (χ2v) is 11.0. The molecule has 4 aromatic rings. The van der Waals surface area contributed by atoms with Crippen molar-refractivity contribution < 1.29 is 22.7 Å². The van der Waals surface area contributed by atoms with Crippen molar-refractivity contribution in [2.75, 3.05) is 49.8 Å². The lowest BCUT2D eigenvalue weighted by Gasteiger charge is -2.29. The van der Waals surface area contributed by atoms with Crippen LogP contribution < -0.4 is 20.3 Å². The highest BCUT2D eigenvalue weighted by atomic mass is 79.9. The number of nitrogens with zero attached hydrogens (tertiary/aromatic N) is 5. The standard InChI is InChI=1S/C30H29BrF3N7O2/c1-35-29-37-13-10-25(39-29)22-5-4-12-36-28(22)43-20-7-8-21(24(31)16-20)27(42)38-18-6-9-26(23(15-18)30(32,33)34)41(3)19-11-14-40(2)17-19/h4-10,12-13,15-16,19H,11,14,17H2,1-3H3,(H,38,42)(H,35,37,39). The van der Waals surface area contributed by atoms with E-state index in [1.54, 1.807) is 55.7 Å². The Morgan fingerprint density at radius 3 is 2.63 bits per heavy atom. The van der Waals surface area contributed by atoms with Gasteiger partial charge in [-0.15, -0.1) is 0 Å². The lowest BCUT2D eigenvalue weighted by Crippen LogP contribution is -2.35. The average Bonchev–Trinajstić information content (AvgIpc) is 3.43. The Kier molecular flexibility index (Phi) is 8.83. The number of benzene rings is 2. The minimum absolute atomic E-state index is 0.0304. The maximum atomic E-state index is 14.1. The zero-order valence-corrected chi connectivity index (χ0v) is 25.2. The van der Waals surface area contributed by atoms with E-state index in [0.717, 1.165) is 19.0 Å². The van der Waals surface area contributed by atoms with Crippen LogP contribution in [0.3, 0.4) is 0 Å². The van der Waals surface area contributed by atoms with Crippen molar-refractivity contribution in [2.24, 2.45) is 0 Å². The van der Waals surface area contributed by atoms with Gasteiger partial charge in [0.25, 0.3) is 5.91 Å². The molecule has 1 saturated heterocycles. The number of rotatable bonds is 8. The van der Waals surface area contributed by atoms with Crippen LogP contribution >= 0.6 is 15.9 Å². The van der Waals surface area contributed by atoms with Gasteiger partial charge in [-0.2, -0.15) is 13.2 Å². The summed E-state index contributed by atoms with van der Waals surface area (Å²) in [6.45, 7) is 1.51. The third-order valence-corrected chi connectivity index (χ3v) is 7.84. The van der Waals surface area contributed by atoms with Crippen molar-refractivity contribution in [1.29, 1.82) is 0 Å². The third-order valence-electron chi connectivity index (χ3n) is 7.18. The maximum absolute atomic E-state index is 14.1. The first-order valence-electron chi connectivity index (χ1n) is 13.4. The SMILES string of the molecule is CNc1nccc(-c2cccnc2Oc2ccc(C(=O)Nc3ccc(N(C)C4CCN(C)C4)c(C(F)(F)F)c3)c(Br)c2)n1. The molecular weight excluding hydrogens is 627 g/mol. The first-order valence-corrected chi connectivity index (χ1v) is 14.2. The van der Waals surface area contributed by atoms with Gasteiger partial charge in [-0.3, -0.25) is 4.79 Å². The minimum atomic E-state index is -4.60. The molecule has 2 aromatic carbocycles. The Balaban J connectivity index is 1.34. The normalized spacial score (nSPS) is 15.3. The molecular formula is C30H29BrF3N7O2. The van der Waals surface area contributed by atoms with Gasteiger partial charge in [0.1, 0.15) is 5.75 Å². The van der Waals surface area contributed by atoms with E-state index in [-0.39, 0.29) is 23.0 Å². The molecule has 1 aliphatic rings. The van der Waals surface area contributed by atoms with Crippen LogP contribution in [0.15, 0.2) is 71.5 Å². The Morgan fingerprint density at radius 1 is 1.12 bits per heavy atom. The molecule has 0 spiro atoms.